The van der Waals surface area contributed by atoms with Gasteiger partial charge in [0.25, 0.3) is 0 Å². The minimum absolute atomic E-state index is 0.250. The van der Waals surface area contributed by atoms with Crippen molar-refractivity contribution < 1.29 is 4.39 Å². The lowest BCUT2D eigenvalue weighted by molar-refractivity contribution is 0.628. The summed E-state index contributed by atoms with van der Waals surface area (Å²) in [6.07, 6.45) is 1.94. The summed E-state index contributed by atoms with van der Waals surface area (Å²) in [5.41, 5.74) is 1.87. The Balaban J connectivity index is 2.49. The highest BCUT2D eigenvalue weighted by Gasteiger charge is 2.12. The molecule has 0 unspecified atom stereocenters. The zero-order valence-electron chi connectivity index (χ0n) is 11.6. The number of hydrogen-bond acceptors (Lipinski definition) is 3. The average molecular weight is 385 g/mol. The summed E-state index contributed by atoms with van der Waals surface area (Å²) in [6.45, 7) is 4.97. The van der Waals surface area contributed by atoms with Gasteiger partial charge in [0, 0.05) is 12.1 Å². The molecule has 5 heteroatoms. The van der Waals surface area contributed by atoms with Crippen molar-refractivity contribution in [3.8, 4) is 11.4 Å². The Labute approximate surface area is 132 Å². The molecule has 1 heterocycles. The van der Waals surface area contributed by atoms with Crippen LogP contribution in [-0.2, 0) is 6.42 Å². The van der Waals surface area contributed by atoms with Crippen molar-refractivity contribution in [2.24, 2.45) is 0 Å². The quantitative estimate of drug-likeness (QED) is 0.782. The third kappa shape index (κ3) is 3.45. The van der Waals surface area contributed by atoms with Gasteiger partial charge in [-0.25, -0.2) is 14.4 Å². The van der Waals surface area contributed by atoms with Gasteiger partial charge in [0.15, 0.2) is 5.82 Å². The van der Waals surface area contributed by atoms with Gasteiger partial charge in [0.1, 0.15) is 11.6 Å². The van der Waals surface area contributed by atoms with Crippen LogP contribution in [0.3, 0.4) is 0 Å². The minimum atomic E-state index is -0.250. The van der Waals surface area contributed by atoms with Crippen LogP contribution in [0.25, 0.3) is 11.4 Å². The van der Waals surface area contributed by atoms with Gasteiger partial charge in [-0.2, -0.15) is 0 Å². The maximum atomic E-state index is 13.0. The molecule has 2 rings (SSSR count). The molecule has 1 aromatic heterocycles. The van der Waals surface area contributed by atoms with E-state index < -0.39 is 0 Å². The lowest BCUT2D eigenvalue weighted by Gasteiger charge is -2.12. The number of nitrogens with one attached hydrogen (secondary N) is 1. The Bertz CT molecular complexity index is 557. The second kappa shape index (κ2) is 6.97. The molecule has 0 aliphatic carbocycles. The second-order valence-electron chi connectivity index (χ2n) is 4.44. The summed E-state index contributed by atoms with van der Waals surface area (Å²) < 4.78 is 14.1. The summed E-state index contributed by atoms with van der Waals surface area (Å²) in [5.74, 6) is 1.25. The number of hydrogen-bond donors (Lipinski definition) is 1. The molecule has 1 aromatic carbocycles. The van der Waals surface area contributed by atoms with Crippen LogP contribution in [-0.4, -0.2) is 16.5 Å². The summed E-state index contributed by atoms with van der Waals surface area (Å²) in [7, 11) is 0. The largest absolute Gasteiger partial charge is 0.369 e. The van der Waals surface area contributed by atoms with Crippen molar-refractivity contribution in [1.82, 2.24) is 9.97 Å². The van der Waals surface area contributed by atoms with Crippen LogP contribution in [0, 0.1) is 9.39 Å². The fraction of sp³-hybridized carbons (Fsp3) is 0.333. The molecular formula is C15H17FIN3. The van der Waals surface area contributed by atoms with Gasteiger partial charge >= 0.3 is 0 Å². The van der Waals surface area contributed by atoms with Crippen molar-refractivity contribution >= 4 is 28.4 Å². The van der Waals surface area contributed by atoms with Crippen LogP contribution in [0.1, 0.15) is 26.0 Å². The first-order valence-corrected chi connectivity index (χ1v) is 7.79. The predicted molar refractivity (Wildman–Crippen MR) is 88.3 cm³/mol. The molecule has 0 fully saturated rings. The Morgan fingerprint density at radius 3 is 2.45 bits per heavy atom. The summed E-state index contributed by atoms with van der Waals surface area (Å²) in [5, 5.41) is 3.26. The van der Waals surface area contributed by atoms with Gasteiger partial charge in [-0.1, -0.05) is 13.3 Å². The molecule has 0 atom stereocenters. The SMILES string of the molecule is CCCc1nc(-c2ccc(F)cc2)nc(NCC)c1I. The third-order valence-electron chi connectivity index (χ3n) is 2.85. The maximum absolute atomic E-state index is 13.0. The van der Waals surface area contributed by atoms with Gasteiger partial charge < -0.3 is 5.32 Å². The molecule has 106 valence electrons. The van der Waals surface area contributed by atoms with E-state index in [-0.39, 0.29) is 5.82 Å². The van der Waals surface area contributed by atoms with E-state index in [4.69, 9.17) is 0 Å². The van der Waals surface area contributed by atoms with E-state index in [0.29, 0.717) is 5.82 Å². The Morgan fingerprint density at radius 1 is 1.15 bits per heavy atom. The van der Waals surface area contributed by atoms with Gasteiger partial charge in [-0.15, -0.1) is 0 Å². The molecule has 0 aliphatic heterocycles. The van der Waals surface area contributed by atoms with Crippen LogP contribution in [0.4, 0.5) is 10.2 Å². The Hall–Kier alpha value is -1.24. The Morgan fingerprint density at radius 2 is 1.85 bits per heavy atom. The van der Waals surface area contributed by atoms with Crippen molar-refractivity contribution in [1.29, 1.82) is 0 Å². The van der Waals surface area contributed by atoms with Gasteiger partial charge in [0.05, 0.1) is 9.26 Å². The number of benzene rings is 1. The van der Waals surface area contributed by atoms with E-state index >= 15 is 0 Å². The number of aryl methyl sites for hydroxylation is 1. The summed E-state index contributed by atoms with van der Waals surface area (Å²) in [4.78, 5) is 9.18. The maximum Gasteiger partial charge on any atom is 0.161 e. The molecule has 0 aliphatic rings. The van der Waals surface area contributed by atoms with Crippen molar-refractivity contribution in [2.45, 2.75) is 26.7 Å². The molecule has 0 saturated heterocycles. The fourth-order valence-corrected chi connectivity index (χ4v) is 2.61. The van der Waals surface area contributed by atoms with E-state index in [1.807, 2.05) is 6.92 Å². The predicted octanol–water partition coefficient (Wildman–Crippen LogP) is 4.27. The molecule has 1 N–H and O–H groups in total. The van der Waals surface area contributed by atoms with E-state index in [2.05, 4.69) is 44.8 Å². The molecule has 0 amide bonds. The molecule has 0 radical (unpaired) electrons. The van der Waals surface area contributed by atoms with Crippen molar-refractivity contribution in [3.63, 3.8) is 0 Å². The molecule has 0 bridgehead atoms. The molecular weight excluding hydrogens is 368 g/mol. The molecule has 20 heavy (non-hydrogen) atoms. The summed E-state index contributed by atoms with van der Waals surface area (Å²) >= 11 is 2.28. The van der Waals surface area contributed by atoms with Crippen LogP contribution >= 0.6 is 22.6 Å². The van der Waals surface area contributed by atoms with Gasteiger partial charge in [-0.3, -0.25) is 0 Å². The number of aromatic nitrogens is 2. The number of anilines is 1. The first-order valence-electron chi connectivity index (χ1n) is 6.72. The smallest absolute Gasteiger partial charge is 0.161 e. The van der Waals surface area contributed by atoms with Crippen LogP contribution in [0.2, 0.25) is 0 Å². The topological polar surface area (TPSA) is 37.8 Å². The van der Waals surface area contributed by atoms with E-state index in [9.17, 15) is 4.39 Å². The first kappa shape index (κ1) is 15.2. The van der Waals surface area contributed by atoms with Crippen molar-refractivity contribution in [2.75, 3.05) is 11.9 Å². The van der Waals surface area contributed by atoms with Crippen molar-refractivity contribution in [3.05, 3.63) is 39.3 Å². The third-order valence-corrected chi connectivity index (χ3v) is 3.99. The highest BCUT2D eigenvalue weighted by molar-refractivity contribution is 14.1. The highest BCUT2D eigenvalue weighted by atomic mass is 127. The molecule has 0 spiro atoms. The highest BCUT2D eigenvalue weighted by Crippen LogP contribution is 2.25. The van der Waals surface area contributed by atoms with Gasteiger partial charge in [-0.05, 0) is 60.2 Å². The normalized spacial score (nSPS) is 10.6. The standard InChI is InChI=1S/C15H17FIN3/c1-3-5-12-13(17)15(18-4-2)20-14(19-12)10-6-8-11(16)9-7-10/h6-9H,3-5H2,1-2H3,(H,18,19,20). The number of halogens is 2. The van der Waals surface area contributed by atoms with Gasteiger partial charge in [0.2, 0.25) is 0 Å². The first-order chi connectivity index (χ1) is 9.65. The van der Waals surface area contributed by atoms with Crippen LogP contribution in [0.5, 0.6) is 0 Å². The zero-order valence-corrected chi connectivity index (χ0v) is 13.7. The molecule has 2 aromatic rings. The van der Waals surface area contributed by atoms with E-state index in [1.54, 1.807) is 12.1 Å². The van der Waals surface area contributed by atoms with Crippen LogP contribution in [0.15, 0.2) is 24.3 Å². The number of rotatable bonds is 5. The number of nitrogens with zero attached hydrogens (tertiary/aromatic N) is 2. The summed E-state index contributed by atoms with van der Waals surface area (Å²) in [6, 6.07) is 6.29. The lowest BCUT2D eigenvalue weighted by Crippen LogP contribution is -2.08. The van der Waals surface area contributed by atoms with E-state index in [0.717, 1.165) is 40.0 Å². The molecule has 0 saturated carbocycles. The van der Waals surface area contributed by atoms with E-state index in [1.165, 1.54) is 12.1 Å². The molecule has 3 nitrogen and oxygen atoms in total. The fourth-order valence-electron chi connectivity index (χ4n) is 1.91. The lowest BCUT2D eigenvalue weighted by atomic mass is 10.2. The van der Waals surface area contributed by atoms with Crippen LogP contribution < -0.4 is 5.32 Å². The zero-order chi connectivity index (χ0) is 14.5. The average Bonchev–Trinajstić information content (AvgIpc) is 2.44. The Kier molecular flexibility index (Phi) is 5.28. The second-order valence-corrected chi connectivity index (χ2v) is 5.52. The minimum Gasteiger partial charge on any atom is -0.369 e. The monoisotopic (exact) mass is 385 g/mol.